The number of benzene rings is 2. The van der Waals surface area contributed by atoms with Gasteiger partial charge in [-0.25, -0.2) is 15.0 Å². The van der Waals surface area contributed by atoms with E-state index in [1.807, 2.05) is 0 Å². The number of thioether (sulfide) groups is 1. The highest BCUT2D eigenvalue weighted by Crippen LogP contribution is 2.60. The maximum absolute atomic E-state index is 5.30. The molecule has 0 saturated carbocycles. The van der Waals surface area contributed by atoms with Crippen molar-refractivity contribution in [3.63, 3.8) is 0 Å². The highest BCUT2D eigenvalue weighted by Gasteiger charge is 2.47. The summed E-state index contributed by atoms with van der Waals surface area (Å²) >= 11 is 2.24. The third-order valence-corrected chi connectivity index (χ3v) is 15.0. The van der Waals surface area contributed by atoms with Crippen molar-refractivity contribution in [1.82, 2.24) is 19.5 Å². The van der Waals surface area contributed by atoms with E-state index in [0.717, 1.165) is 67.1 Å². The molecule has 3 heterocycles. The minimum Gasteiger partial charge on any atom is -0.315 e. The van der Waals surface area contributed by atoms with Crippen molar-refractivity contribution in [2.75, 3.05) is 0 Å². The van der Waals surface area contributed by atoms with Gasteiger partial charge < -0.3 is 4.57 Å². The highest BCUT2D eigenvalue weighted by molar-refractivity contribution is 8.00. The van der Waals surface area contributed by atoms with Gasteiger partial charge in [-0.1, -0.05) is 145 Å². The van der Waals surface area contributed by atoms with Crippen LogP contribution in [-0.4, -0.2) is 24.8 Å². The molecule has 5 heteroatoms. The molecule has 0 radical (unpaired) electrons. The number of fused-ring (bicyclic) bond motifs is 7. The minimum absolute atomic E-state index is 0.179. The Kier molecular flexibility index (Phi) is 9.14. The summed E-state index contributed by atoms with van der Waals surface area (Å²) in [5.41, 5.74) is 10.6. The molecule has 0 N–H and O–H groups in total. The Morgan fingerprint density at radius 3 is 2.51 bits per heavy atom. The molecule has 1 fully saturated rings. The Labute approximate surface area is 340 Å². The molecule has 57 heavy (non-hydrogen) atoms. The van der Waals surface area contributed by atoms with Gasteiger partial charge in [-0.05, 0) is 68.6 Å². The molecular formula is C52H48N4S. The average molecular weight is 761 g/mol. The smallest absolute Gasteiger partial charge is 0.163 e. The van der Waals surface area contributed by atoms with Crippen LogP contribution < -0.4 is 0 Å². The molecule has 1 saturated heterocycles. The fourth-order valence-electron chi connectivity index (χ4n) is 10.4. The Morgan fingerprint density at radius 2 is 1.61 bits per heavy atom. The standard InChI is InChI=1S/C52H48N4S/c1-4-15-34(16-5-1)37-21-14-22-38(31-37)39-27-30-45(40(32-39)33-48-53-51(35-17-6-2-7-18-35)55-52(54-48)36-19-8-3-9-20-36)56-46-25-12-10-23-41(46)43-28-29-44-42-24-11-13-26-47(42)57-50(44)49(43)56/h1-2,4-8,10-12,14-15,17-21,23-25,27-31,34,38,40,42,44,47,50H,3,9,13,16,22,26,32-33H2/t34?,38-,40?,42?,44?,47?,50?/m1/s1. The first kappa shape index (κ1) is 34.9. The van der Waals surface area contributed by atoms with Crippen LogP contribution in [0.5, 0.6) is 0 Å². The zero-order valence-corrected chi connectivity index (χ0v) is 33.1. The van der Waals surface area contributed by atoms with Crippen molar-refractivity contribution in [2.24, 2.45) is 29.6 Å². The van der Waals surface area contributed by atoms with Crippen LogP contribution in [-0.2, 0) is 6.42 Å². The maximum Gasteiger partial charge on any atom is 0.163 e. The molecule has 282 valence electrons. The van der Waals surface area contributed by atoms with Crippen LogP contribution in [0.15, 0.2) is 157 Å². The molecule has 2 aromatic carbocycles. The SMILES string of the molecule is C1=CCC(C2=C[C@H](C3=CC=C(n4c5c(c6ccccc64)C=CC4C5SC5CCC=CC54)C(Cc4nc(C5=CCCC=C5)nc(-c5ccccc5)n4)C3)CC=C2)C=C1. The second-order valence-corrected chi connectivity index (χ2v) is 18.1. The van der Waals surface area contributed by atoms with Crippen molar-refractivity contribution in [3.8, 4) is 11.4 Å². The van der Waals surface area contributed by atoms with E-state index in [2.05, 4.69) is 168 Å². The van der Waals surface area contributed by atoms with E-state index >= 15 is 0 Å². The first-order valence-electron chi connectivity index (χ1n) is 21.2. The minimum atomic E-state index is 0.179. The number of hydrogen-bond donors (Lipinski definition) is 0. The number of allylic oxidation sites excluding steroid dienone is 19. The van der Waals surface area contributed by atoms with Gasteiger partial charge >= 0.3 is 0 Å². The van der Waals surface area contributed by atoms with Gasteiger partial charge in [0, 0.05) is 68.8 Å². The van der Waals surface area contributed by atoms with Crippen molar-refractivity contribution < 1.29 is 0 Å². The van der Waals surface area contributed by atoms with Gasteiger partial charge in [0.2, 0.25) is 0 Å². The van der Waals surface area contributed by atoms with E-state index in [9.17, 15) is 0 Å². The summed E-state index contributed by atoms with van der Waals surface area (Å²) in [6.07, 6.45) is 46.4. The van der Waals surface area contributed by atoms with Crippen molar-refractivity contribution >= 4 is 40.0 Å². The van der Waals surface area contributed by atoms with Gasteiger partial charge in [-0.2, -0.15) is 0 Å². The summed E-state index contributed by atoms with van der Waals surface area (Å²) < 4.78 is 2.70. The van der Waals surface area contributed by atoms with Gasteiger partial charge in [0.05, 0.1) is 10.8 Å². The lowest BCUT2D eigenvalue weighted by atomic mass is 9.77. The maximum atomic E-state index is 5.30. The normalized spacial score (nSPS) is 28.4. The summed E-state index contributed by atoms with van der Waals surface area (Å²) in [5.74, 6) is 4.51. The molecule has 0 spiro atoms. The van der Waals surface area contributed by atoms with E-state index < -0.39 is 0 Å². The first-order valence-corrected chi connectivity index (χ1v) is 22.1. The Bertz CT molecular complexity index is 2550. The topological polar surface area (TPSA) is 43.6 Å². The van der Waals surface area contributed by atoms with Gasteiger partial charge in [0.15, 0.2) is 11.6 Å². The second kappa shape index (κ2) is 14.9. The van der Waals surface area contributed by atoms with Gasteiger partial charge in [-0.3, -0.25) is 0 Å². The molecule has 2 aromatic heterocycles. The molecule has 4 nitrogen and oxygen atoms in total. The monoisotopic (exact) mass is 760 g/mol. The predicted octanol–water partition coefficient (Wildman–Crippen LogP) is 12.7. The predicted molar refractivity (Wildman–Crippen MR) is 238 cm³/mol. The Balaban J connectivity index is 1.05. The lowest BCUT2D eigenvalue weighted by Crippen LogP contribution is -2.24. The summed E-state index contributed by atoms with van der Waals surface area (Å²) in [4.78, 5) is 15.7. The second-order valence-electron chi connectivity index (χ2n) is 16.7. The third-order valence-electron chi connectivity index (χ3n) is 13.2. The Morgan fingerprint density at radius 1 is 0.719 bits per heavy atom. The summed E-state index contributed by atoms with van der Waals surface area (Å²) in [6.45, 7) is 0. The van der Waals surface area contributed by atoms with Crippen molar-refractivity contribution in [2.45, 2.75) is 61.9 Å². The van der Waals surface area contributed by atoms with Gasteiger partial charge in [0.25, 0.3) is 0 Å². The zero-order chi connectivity index (χ0) is 37.7. The van der Waals surface area contributed by atoms with E-state index in [4.69, 9.17) is 15.0 Å². The van der Waals surface area contributed by atoms with Crippen LogP contribution in [0.2, 0.25) is 0 Å². The summed E-state index contributed by atoms with van der Waals surface area (Å²) in [6, 6.07) is 19.6. The Hall–Kier alpha value is -5.26. The molecule has 6 aliphatic carbocycles. The van der Waals surface area contributed by atoms with Crippen LogP contribution in [0.1, 0.15) is 73.1 Å². The number of aromatic nitrogens is 4. The zero-order valence-electron chi connectivity index (χ0n) is 32.3. The van der Waals surface area contributed by atoms with Crippen LogP contribution in [0, 0.1) is 29.6 Å². The van der Waals surface area contributed by atoms with E-state index in [1.54, 1.807) is 0 Å². The fraction of sp³-hybridized carbons (Fsp3) is 0.288. The first-order chi connectivity index (χ1) is 28.2. The van der Waals surface area contributed by atoms with Crippen molar-refractivity contribution in [1.29, 1.82) is 0 Å². The molecule has 7 atom stereocenters. The van der Waals surface area contributed by atoms with Crippen LogP contribution in [0.4, 0.5) is 0 Å². The number of rotatable bonds is 7. The molecule has 6 unspecified atom stereocenters. The van der Waals surface area contributed by atoms with E-state index in [1.165, 1.54) is 51.8 Å². The molecule has 0 amide bonds. The quantitative estimate of drug-likeness (QED) is 0.176. The van der Waals surface area contributed by atoms with E-state index in [-0.39, 0.29) is 5.92 Å². The van der Waals surface area contributed by atoms with Gasteiger partial charge in [-0.15, -0.1) is 11.8 Å². The molecule has 11 rings (SSSR count). The number of hydrogen-bond acceptors (Lipinski definition) is 4. The molecule has 7 aliphatic rings. The average Bonchev–Trinajstić information content (AvgIpc) is 3.83. The summed E-state index contributed by atoms with van der Waals surface area (Å²) in [7, 11) is 0. The molecule has 0 bridgehead atoms. The number of nitrogens with zero attached hydrogens (tertiary/aromatic N) is 4. The van der Waals surface area contributed by atoms with Crippen LogP contribution in [0.25, 0.3) is 39.6 Å². The van der Waals surface area contributed by atoms with Crippen LogP contribution >= 0.6 is 11.8 Å². The lowest BCUT2D eigenvalue weighted by molar-refractivity contribution is 0.451. The molecule has 4 aromatic rings. The lowest BCUT2D eigenvalue weighted by Gasteiger charge is -2.33. The van der Waals surface area contributed by atoms with Gasteiger partial charge in [0.1, 0.15) is 5.82 Å². The number of para-hydroxylation sites is 1. The fourth-order valence-corrected chi connectivity index (χ4v) is 12.4. The van der Waals surface area contributed by atoms with Crippen LogP contribution in [0.3, 0.4) is 0 Å². The van der Waals surface area contributed by atoms with E-state index in [0.29, 0.717) is 34.2 Å². The third kappa shape index (κ3) is 6.45. The molecule has 1 aliphatic heterocycles. The van der Waals surface area contributed by atoms with Crippen molar-refractivity contribution in [3.05, 3.63) is 180 Å². The molecular weight excluding hydrogens is 713 g/mol. The summed E-state index contributed by atoms with van der Waals surface area (Å²) in [5, 5.41) is 2.45. The highest BCUT2D eigenvalue weighted by atomic mass is 32.2. The largest absolute Gasteiger partial charge is 0.315 e.